The fraction of sp³-hybridized carbons (Fsp3) is 0.400. The molecule has 7 heteroatoms. The molecule has 0 spiro atoms. The van der Waals surface area contributed by atoms with Crippen LogP contribution in [0.4, 0.5) is 11.6 Å². The van der Waals surface area contributed by atoms with Crippen LogP contribution < -0.4 is 21.5 Å². The fourth-order valence-corrected chi connectivity index (χ4v) is 2.45. The van der Waals surface area contributed by atoms with Crippen LogP contribution >= 0.6 is 0 Å². The minimum atomic E-state index is -0.0255. The molecule has 0 bridgehead atoms. The number of nitrogens with one attached hydrogen (secondary N) is 4. The summed E-state index contributed by atoms with van der Waals surface area (Å²) >= 11 is 0. The van der Waals surface area contributed by atoms with Crippen molar-refractivity contribution in [2.24, 2.45) is 0 Å². The second-order valence-electron chi connectivity index (χ2n) is 5.22. The number of fused-ring (bicyclic) bond motifs is 1. The summed E-state index contributed by atoms with van der Waals surface area (Å²) in [7, 11) is 0. The van der Waals surface area contributed by atoms with Crippen LogP contribution in [0.5, 0.6) is 0 Å². The highest BCUT2D eigenvalue weighted by Gasteiger charge is 2.14. The van der Waals surface area contributed by atoms with Gasteiger partial charge in [-0.15, -0.1) is 0 Å². The first kappa shape index (κ1) is 14.5. The number of hydrogen-bond acceptors (Lipinski definition) is 6. The van der Waals surface area contributed by atoms with Crippen LogP contribution in [0.3, 0.4) is 0 Å². The van der Waals surface area contributed by atoms with E-state index in [0.717, 1.165) is 49.4 Å². The predicted molar refractivity (Wildman–Crippen MR) is 86.1 cm³/mol. The molecule has 0 fully saturated rings. The third-order valence-electron chi connectivity index (χ3n) is 3.58. The molecule has 0 aromatic carbocycles. The van der Waals surface area contributed by atoms with Gasteiger partial charge in [-0.2, -0.15) is 0 Å². The first-order chi connectivity index (χ1) is 10.8. The van der Waals surface area contributed by atoms with E-state index in [4.69, 9.17) is 0 Å². The van der Waals surface area contributed by atoms with Gasteiger partial charge in [-0.3, -0.25) is 14.8 Å². The molecule has 7 nitrogen and oxygen atoms in total. The number of aromatic amines is 1. The van der Waals surface area contributed by atoms with Gasteiger partial charge in [-0.1, -0.05) is 0 Å². The molecule has 2 aromatic heterocycles. The van der Waals surface area contributed by atoms with E-state index in [0.29, 0.717) is 12.5 Å². The van der Waals surface area contributed by atoms with Gasteiger partial charge in [-0.25, -0.2) is 4.98 Å². The minimum absolute atomic E-state index is 0.0255. The second kappa shape index (κ2) is 7.04. The molecule has 1 aliphatic heterocycles. The Balaban J connectivity index is 1.48. The average Bonchev–Trinajstić information content (AvgIpc) is 2.56. The second-order valence-corrected chi connectivity index (χ2v) is 5.22. The Morgan fingerprint density at radius 2 is 2.18 bits per heavy atom. The van der Waals surface area contributed by atoms with Crippen LogP contribution in [-0.4, -0.2) is 34.6 Å². The van der Waals surface area contributed by atoms with Gasteiger partial charge in [0.1, 0.15) is 0 Å². The number of anilines is 2. The van der Waals surface area contributed by atoms with Crippen molar-refractivity contribution in [1.82, 2.24) is 20.3 Å². The van der Waals surface area contributed by atoms with Crippen LogP contribution in [0.2, 0.25) is 0 Å². The molecule has 2 aromatic rings. The molecule has 0 unspecified atom stereocenters. The SMILES string of the molecule is O=c1[nH]c(NCCCNc2cccnc2)nc2c1CCNC2. The number of H-pyrrole nitrogens is 1. The fourth-order valence-electron chi connectivity index (χ4n) is 2.45. The summed E-state index contributed by atoms with van der Waals surface area (Å²) in [5.41, 5.74) is 2.64. The Hall–Kier alpha value is -2.41. The van der Waals surface area contributed by atoms with Gasteiger partial charge in [0.25, 0.3) is 5.56 Å². The molecule has 3 heterocycles. The van der Waals surface area contributed by atoms with Crippen molar-refractivity contribution in [3.63, 3.8) is 0 Å². The van der Waals surface area contributed by atoms with Crippen molar-refractivity contribution in [3.05, 3.63) is 46.1 Å². The summed E-state index contributed by atoms with van der Waals surface area (Å²) < 4.78 is 0. The van der Waals surface area contributed by atoms with Gasteiger partial charge < -0.3 is 16.0 Å². The van der Waals surface area contributed by atoms with Gasteiger partial charge in [-0.05, 0) is 31.5 Å². The van der Waals surface area contributed by atoms with E-state index in [2.05, 4.69) is 30.9 Å². The standard InChI is InChI=1S/C15H20N6O/c22-14-12-4-8-17-10-13(12)20-15(21-14)19-7-2-6-18-11-3-1-5-16-9-11/h1,3,5,9,17-18H,2,4,6-8,10H2,(H2,19,20,21,22). The summed E-state index contributed by atoms with van der Waals surface area (Å²) in [5.74, 6) is 0.550. The summed E-state index contributed by atoms with van der Waals surface area (Å²) in [5, 5.41) is 9.69. The topological polar surface area (TPSA) is 94.7 Å². The molecular formula is C15H20N6O. The first-order valence-electron chi connectivity index (χ1n) is 7.53. The van der Waals surface area contributed by atoms with E-state index in [1.807, 2.05) is 12.1 Å². The largest absolute Gasteiger partial charge is 0.384 e. The number of pyridine rings is 1. The number of hydrogen-bond donors (Lipinski definition) is 4. The van der Waals surface area contributed by atoms with E-state index >= 15 is 0 Å². The van der Waals surface area contributed by atoms with Crippen molar-refractivity contribution >= 4 is 11.6 Å². The summed E-state index contributed by atoms with van der Waals surface area (Å²) in [6.45, 7) is 3.07. The van der Waals surface area contributed by atoms with Crippen LogP contribution in [0.25, 0.3) is 0 Å². The van der Waals surface area contributed by atoms with E-state index in [9.17, 15) is 4.79 Å². The van der Waals surface area contributed by atoms with E-state index in [-0.39, 0.29) is 5.56 Å². The van der Waals surface area contributed by atoms with Crippen LogP contribution in [0.15, 0.2) is 29.3 Å². The Morgan fingerprint density at radius 1 is 1.27 bits per heavy atom. The molecule has 3 rings (SSSR count). The third-order valence-corrected chi connectivity index (χ3v) is 3.58. The Kier molecular flexibility index (Phi) is 4.65. The molecule has 0 atom stereocenters. The normalized spacial score (nSPS) is 13.5. The number of aromatic nitrogens is 3. The maximum absolute atomic E-state index is 12.0. The van der Waals surface area contributed by atoms with E-state index in [1.54, 1.807) is 12.4 Å². The van der Waals surface area contributed by atoms with E-state index in [1.165, 1.54) is 0 Å². The lowest BCUT2D eigenvalue weighted by Gasteiger charge is -2.16. The smallest absolute Gasteiger partial charge is 0.255 e. The average molecular weight is 300 g/mol. The lowest BCUT2D eigenvalue weighted by Crippen LogP contribution is -2.31. The highest BCUT2D eigenvalue weighted by molar-refractivity contribution is 5.39. The molecule has 0 aliphatic carbocycles. The molecule has 0 radical (unpaired) electrons. The van der Waals surface area contributed by atoms with Gasteiger partial charge >= 0.3 is 0 Å². The van der Waals surface area contributed by atoms with Crippen LogP contribution in [-0.2, 0) is 13.0 Å². The molecule has 116 valence electrons. The molecule has 0 saturated heterocycles. The Labute approximate surface area is 128 Å². The Morgan fingerprint density at radius 3 is 3.05 bits per heavy atom. The summed E-state index contributed by atoms with van der Waals surface area (Å²) in [4.78, 5) is 23.3. The third kappa shape index (κ3) is 3.62. The lowest BCUT2D eigenvalue weighted by molar-refractivity contribution is 0.619. The zero-order valence-corrected chi connectivity index (χ0v) is 12.4. The molecule has 22 heavy (non-hydrogen) atoms. The lowest BCUT2D eigenvalue weighted by atomic mass is 10.1. The molecule has 4 N–H and O–H groups in total. The predicted octanol–water partition coefficient (Wildman–Crippen LogP) is 0.725. The van der Waals surface area contributed by atoms with Crippen molar-refractivity contribution in [2.75, 3.05) is 30.3 Å². The van der Waals surface area contributed by atoms with E-state index < -0.39 is 0 Å². The maximum atomic E-state index is 12.0. The molecule has 0 amide bonds. The highest BCUT2D eigenvalue weighted by atomic mass is 16.1. The first-order valence-corrected chi connectivity index (χ1v) is 7.53. The monoisotopic (exact) mass is 300 g/mol. The molecule has 0 saturated carbocycles. The summed E-state index contributed by atoms with van der Waals surface area (Å²) in [6.07, 6.45) is 5.20. The van der Waals surface area contributed by atoms with Crippen LogP contribution in [0.1, 0.15) is 17.7 Å². The maximum Gasteiger partial charge on any atom is 0.255 e. The van der Waals surface area contributed by atoms with Gasteiger partial charge in [0.2, 0.25) is 5.95 Å². The highest BCUT2D eigenvalue weighted by Crippen LogP contribution is 2.08. The quantitative estimate of drug-likeness (QED) is 0.587. The van der Waals surface area contributed by atoms with Crippen molar-refractivity contribution in [1.29, 1.82) is 0 Å². The Bertz CT molecular complexity index is 669. The molecule has 1 aliphatic rings. The zero-order valence-electron chi connectivity index (χ0n) is 12.4. The van der Waals surface area contributed by atoms with Crippen molar-refractivity contribution in [2.45, 2.75) is 19.4 Å². The number of nitrogens with zero attached hydrogens (tertiary/aromatic N) is 2. The van der Waals surface area contributed by atoms with Crippen molar-refractivity contribution < 1.29 is 0 Å². The number of rotatable bonds is 6. The van der Waals surface area contributed by atoms with Crippen LogP contribution in [0, 0.1) is 0 Å². The van der Waals surface area contributed by atoms with Gasteiger partial charge in [0.15, 0.2) is 0 Å². The minimum Gasteiger partial charge on any atom is -0.384 e. The van der Waals surface area contributed by atoms with Crippen molar-refractivity contribution in [3.8, 4) is 0 Å². The van der Waals surface area contributed by atoms with Gasteiger partial charge in [0, 0.05) is 37.6 Å². The molecular weight excluding hydrogens is 280 g/mol. The summed E-state index contributed by atoms with van der Waals surface area (Å²) in [6, 6.07) is 3.88. The zero-order chi connectivity index (χ0) is 15.2. The van der Waals surface area contributed by atoms with Gasteiger partial charge in [0.05, 0.1) is 11.4 Å².